The van der Waals surface area contributed by atoms with Gasteiger partial charge in [0.15, 0.2) is 5.67 Å². The van der Waals surface area contributed by atoms with Crippen molar-refractivity contribution in [3.05, 3.63) is 30.1 Å². The molecule has 0 unspecified atom stereocenters. The Labute approximate surface area is 148 Å². The van der Waals surface area contributed by atoms with E-state index in [-0.39, 0.29) is 11.3 Å². The monoisotopic (exact) mass is 347 g/mol. The molecule has 4 rings (SSSR count). The van der Waals surface area contributed by atoms with Gasteiger partial charge in [0, 0.05) is 43.7 Å². The molecule has 1 amide bonds. The Balaban J connectivity index is 1.37. The van der Waals surface area contributed by atoms with Gasteiger partial charge in [-0.15, -0.1) is 0 Å². The van der Waals surface area contributed by atoms with Crippen molar-refractivity contribution in [1.29, 1.82) is 0 Å². The molecular weight excluding hydrogens is 321 g/mol. The van der Waals surface area contributed by atoms with Crippen molar-refractivity contribution in [2.45, 2.75) is 31.5 Å². The molecule has 0 aromatic carbocycles. The van der Waals surface area contributed by atoms with Crippen molar-refractivity contribution >= 4 is 5.91 Å². The molecule has 1 saturated carbocycles. The maximum absolute atomic E-state index is 14.2. The molecule has 2 aliphatic heterocycles. The van der Waals surface area contributed by atoms with E-state index in [9.17, 15) is 9.18 Å². The van der Waals surface area contributed by atoms with Crippen LogP contribution in [0.3, 0.4) is 0 Å². The maximum atomic E-state index is 14.2. The van der Waals surface area contributed by atoms with Gasteiger partial charge in [-0.05, 0) is 38.4 Å². The highest BCUT2D eigenvalue weighted by Crippen LogP contribution is 2.47. The molecule has 0 N–H and O–H groups in total. The van der Waals surface area contributed by atoms with Crippen LogP contribution in [-0.2, 0) is 16.1 Å². The van der Waals surface area contributed by atoms with Gasteiger partial charge in [0.1, 0.15) is 0 Å². The van der Waals surface area contributed by atoms with E-state index < -0.39 is 5.67 Å². The molecular formula is C19H26FN3O2. The molecule has 1 spiro atoms. The topological polar surface area (TPSA) is 45.7 Å². The van der Waals surface area contributed by atoms with Crippen LogP contribution in [0.2, 0.25) is 0 Å². The summed E-state index contributed by atoms with van der Waals surface area (Å²) in [4.78, 5) is 20.7. The van der Waals surface area contributed by atoms with E-state index in [0.29, 0.717) is 45.1 Å². The zero-order valence-electron chi connectivity index (χ0n) is 14.8. The van der Waals surface area contributed by atoms with Gasteiger partial charge >= 0.3 is 0 Å². The Morgan fingerprint density at radius 3 is 2.92 bits per heavy atom. The highest BCUT2D eigenvalue weighted by Gasteiger charge is 2.57. The number of alkyl halides is 1. The summed E-state index contributed by atoms with van der Waals surface area (Å²) < 4.78 is 20.1. The Bertz CT molecular complexity index is 637. The zero-order valence-corrected chi connectivity index (χ0v) is 14.8. The lowest BCUT2D eigenvalue weighted by atomic mass is 9.77. The number of hydrogen-bond acceptors (Lipinski definition) is 4. The number of halogens is 1. The number of carbonyl (C=O) groups excluding carboxylic acids is 1. The van der Waals surface area contributed by atoms with Crippen LogP contribution in [0.5, 0.6) is 0 Å². The number of aromatic nitrogens is 1. The van der Waals surface area contributed by atoms with Gasteiger partial charge in [-0.25, -0.2) is 4.39 Å². The molecule has 0 radical (unpaired) electrons. The second-order valence-corrected chi connectivity index (χ2v) is 8.03. The zero-order chi connectivity index (χ0) is 17.5. The SMILES string of the molecule is CN1C[C@H](COCc2ccccn2)[C@]2(CCN(C(=O)C3(F)CC3)C2)C1. The van der Waals surface area contributed by atoms with Gasteiger partial charge < -0.3 is 14.5 Å². The first-order valence-corrected chi connectivity index (χ1v) is 9.15. The van der Waals surface area contributed by atoms with Gasteiger partial charge in [-0.3, -0.25) is 9.78 Å². The second-order valence-electron chi connectivity index (χ2n) is 8.03. The molecule has 1 aromatic heterocycles. The van der Waals surface area contributed by atoms with E-state index in [4.69, 9.17) is 4.74 Å². The summed E-state index contributed by atoms with van der Waals surface area (Å²) in [5.41, 5.74) is -0.583. The molecule has 136 valence electrons. The van der Waals surface area contributed by atoms with Crippen molar-refractivity contribution in [1.82, 2.24) is 14.8 Å². The highest BCUT2D eigenvalue weighted by molar-refractivity contribution is 5.88. The van der Waals surface area contributed by atoms with Crippen LogP contribution in [0, 0.1) is 11.3 Å². The van der Waals surface area contributed by atoms with E-state index in [2.05, 4.69) is 16.9 Å². The molecule has 0 bridgehead atoms. The minimum absolute atomic E-state index is 0.0414. The molecule has 1 aliphatic carbocycles. The normalized spacial score (nSPS) is 31.0. The Morgan fingerprint density at radius 1 is 1.36 bits per heavy atom. The number of likely N-dealkylation sites (tertiary alicyclic amines) is 2. The Kier molecular flexibility index (Phi) is 4.28. The lowest BCUT2D eigenvalue weighted by molar-refractivity contribution is -0.137. The van der Waals surface area contributed by atoms with Gasteiger partial charge in [0.25, 0.3) is 5.91 Å². The summed E-state index contributed by atoms with van der Waals surface area (Å²) >= 11 is 0. The molecule has 2 saturated heterocycles. The third-order valence-electron chi connectivity index (χ3n) is 6.02. The third-order valence-corrected chi connectivity index (χ3v) is 6.02. The number of amides is 1. The number of pyridine rings is 1. The quantitative estimate of drug-likeness (QED) is 0.816. The minimum atomic E-state index is -1.55. The number of hydrogen-bond donors (Lipinski definition) is 0. The largest absolute Gasteiger partial charge is 0.375 e. The summed E-state index contributed by atoms with van der Waals surface area (Å²) in [7, 11) is 2.11. The van der Waals surface area contributed by atoms with E-state index in [1.165, 1.54) is 0 Å². The average Bonchev–Trinajstić information content (AvgIpc) is 3.10. The van der Waals surface area contributed by atoms with Crippen molar-refractivity contribution in [3.63, 3.8) is 0 Å². The van der Waals surface area contributed by atoms with E-state index in [0.717, 1.165) is 25.2 Å². The lowest BCUT2D eigenvalue weighted by Crippen LogP contribution is -2.41. The van der Waals surface area contributed by atoms with Crippen molar-refractivity contribution < 1.29 is 13.9 Å². The van der Waals surface area contributed by atoms with E-state index in [1.807, 2.05) is 18.2 Å². The molecule has 3 aliphatic rings. The fourth-order valence-corrected chi connectivity index (χ4v) is 4.46. The first kappa shape index (κ1) is 16.9. The van der Waals surface area contributed by atoms with Crippen LogP contribution in [-0.4, -0.2) is 66.2 Å². The van der Waals surface area contributed by atoms with Crippen LogP contribution in [0.25, 0.3) is 0 Å². The van der Waals surface area contributed by atoms with E-state index in [1.54, 1.807) is 11.1 Å². The molecule has 5 nitrogen and oxygen atoms in total. The average molecular weight is 347 g/mol. The predicted octanol–water partition coefficient (Wildman–Crippen LogP) is 1.88. The maximum Gasteiger partial charge on any atom is 0.260 e. The molecule has 2 atom stereocenters. The van der Waals surface area contributed by atoms with Gasteiger partial charge in [-0.2, -0.15) is 0 Å². The summed E-state index contributed by atoms with van der Waals surface area (Å²) in [6, 6.07) is 5.82. The van der Waals surface area contributed by atoms with E-state index >= 15 is 0 Å². The minimum Gasteiger partial charge on any atom is -0.375 e. The number of rotatable bonds is 5. The van der Waals surface area contributed by atoms with Gasteiger partial charge in [0.2, 0.25) is 0 Å². The smallest absolute Gasteiger partial charge is 0.260 e. The molecule has 3 heterocycles. The number of carbonyl (C=O) groups is 1. The Morgan fingerprint density at radius 2 is 2.20 bits per heavy atom. The third kappa shape index (κ3) is 3.29. The van der Waals surface area contributed by atoms with Crippen LogP contribution in [0.1, 0.15) is 25.0 Å². The fraction of sp³-hybridized carbons (Fsp3) is 0.684. The highest BCUT2D eigenvalue weighted by atomic mass is 19.1. The summed E-state index contributed by atoms with van der Waals surface area (Å²) in [6.45, 7) is 4.42. The first-order valence-electron chi connectivity index (χ1n) is 9.15. The van der Waals surface area contributed by atoms with Crippen molar-refractivity contribution in [2.75, 3.05) is 39.8 Å². The number of nitrogens with zero attached hydrogens (tertiary/aromatic N) is 3. The van der Waals surface area contributed by atoms with Gasteiger partial charge in [0.05, 0.1) is 18.9 Å². The van der Waals surface area contributed by atoms with Gasteiger partial charge in [-0.1, -0.05) is 6.07 Å². The molecule has 25 heavy (non-hydrogen) atoms. The van der Waals surface area contributed by atoms with Crippen LogP contribution >= 0.6 is 0 Å². The second kappa shape index (κ2) is 6.32. The first-order chi connectivity index (χ1) is 12.0. The summed E-state index contributed by atoms with van der Waals surface area (Å²) in [6.07, 6.45) is 3.50. The van der Waals surface area contributed by atoms with Crippen LogP contribution < -0.4 is 0 Å². The molecule has 6 heteroatoms. The van der Waals surface area contributed by atoms with Crippen molar-refractivity contribution in [2.24, 2.45) is 11.3 Å². The standard InChI is InChI=1S/C19H26FN3O2/c1-22-10-15(11-25-12-16-4-2-3-8-21-16)18(13-22)7-9-23(14-18)17(24)19(20)5-6-19/h2-4,8,15H,5-7,9-14H2,1H3/t15-,18-/m1/s1. The van der Waals surface area contributed by atoms with Crippen LogP contribution in [0.15, 0.2) is 24.4 Å². The summed E-state index contributed by atoms with van der Waals surface area (Å²) in [5.74, 6) is 0.0841. The molecule has 1 aromatic rings. The van der Waals surface area contributed by atoms with Crippen LogP contribution in [0.4, 0.5) is 4.39 Å². The lowest BCUT2D eigenvalue weighted by Gasteiger charge is -2.30. The Hall–Kier alpha value is -1.53. The summed E-state index contributed by atoms with van der Waals surface area (Å²) in [5, 5.41) is 0. The predicted molar refractivity (Wildman–Crippen MR) is 91.6 cm³/mol. The molecule has 3 fully saturated rings. The number of ether oxygens (including phenoxy) is 1. The fourth-order valence-electron chi connectivity index (χ4n) is 4.46. The van der Waals surface area contributed by atoms with Crippen molar-refractivity contribution in [3.8, 4) is 0 Å².